The van der Waals surface area contributed by atoms with Crippen molar-refractivity contribution in [2.75, 3.05) is 29.9 Å². The summed E-state index contributed by atoms with van der Waals surface area (Å²) in [5, 5.41) is 13.9. The Bertz CT molecular complexity index is 1910. The van der Waals surface area contributed by atoms with E-state index in [4.69, 9.17) is 11.6 Å². The average Bonchev–Trinajstić information content (AvgIpc) is 3.14. The molecule has 2 aliphatic heterocycles. The summed E-state index contributed by atoms with van der Waals surface area (Å²) < 4.78 is 33.5. The smallest absolute Gasteiger partial charge is 0.354 e. The van der Waals surface area contributed by atoms with Gasteiger partial charge in [-0.1, -0.05) is 38.1 Å². The van der Waals surface area contributed by atoms with Gasteiger partial charge in [0.05, 0.1) is 44.6 Å². The van der Waals surface area contributed by atoms with E-state index in [1.165, 1.54) is 22.8 Å². The number of fused-ring (bicyclic) bond motifs is 2. The van der Waals surface area contributed by atoms with Gasteiger partial charge in [-0.25, -0.2) is 13.6 Å². The van der Waals surface area contributed by atoms with Crippen molar-refractivity contribution in [2.24, 2.45) is 0 Å². The molecule has 12 heteroatoms. The number of anilines is 2. The molecule has 0 spiro atoms. The molecule has 2 N–H and O–H groups in total. The zero-order valence-electron chi connectivity index (χ0n) is 24.7. The molecule has 2 aromatic heterocycles. The van der Waals surface area contributed by atoms with Crippen molar-refractivity contribution in [1.82, 2.24) is 19.4 Å². The summed E-state index contributed by atoms with van der Waals surface area (Å²) >= 11 is 7.07. The minimum absolute atomic E-state index is 0.0471. The van der Waals surface area contributed by atoms with Gasteiger partial charge >= 0.3 is 5.69 Å². The number of nitrogens with zero attached hydrogens (tertiary/aromatic N) is 5. The topological polar surface area (TPSA) is 104 Å². The fourth-order valence-corrected chi connectivity index (χ4v) is 6.84. The summed E-state index contributed by atoms with van der Waals surface area (Å²) in [6.45, 7) is 11.9. The number of halogens is 3. The molecule has 1 fully saturated rings. The summed E-state index contributed by atoms with van der Waals surface area (Å²) in [6, 6.07) is 4.66. The quantitative estimate of drug-likeness (QED) is 0.289. The summed E-state index contributed by atoms with van der Waals surface area (Å²) in [6.07, 6.45) is 2.89. The predicted octanol–water partition coefficient (Wildman–Crippen LogP) is 5.53. The molecular formula is C32H31ClF2N6O3. The van der Waals surface area contributed by atoms with Crippen LogP contribution in [-0.4, -0.2) is 62.2 Å². The van der Waals surface area contributed by atoms with Crippen LogP contribution in [0.5, 0.6) is 5.75 Å². The second kappa shape index (κ2) is 10.9. The number of nitrogens with one attached hydrogen (secondary N) is 1. The number of pyridine rings is 1. The number of piperazine rings is 1. The van der Waals surface area contributed by atoms with Crippen molar-refractivity contribution in [3.63, 3.8) is 0 Å². The lowest BCUT2D eigenvalue weighted by atomic mass is 9.98. The molecule has 2 atom stereocenters. The Labute approximate surface area is 257 Å². The number of hydrogen-bond donors (Lipinski definition) is 2. The molecule has 2 aliphatic rings. The number of benzene rings is 2. The number of aromatic nitrogens is 3. The molecule has 6 rings (SSSR count). The Kier molecular flexibility index (Phi) is 7.31. The third kappa shape index (κ3) is 4.40. The summed E-state index contributed by atoms with van der Waals surface area (Å²) in [4.78, 5) is 39.5. The van der Waals surface area contributed by atoms with E-state index < -0.39 is 40.2 Å². The van der Waals surface area contributed by atoms with Crippen LogP contribution in [0.1, 0.15) is 37.9 Å². The minimum Gasteiger partial charge on any atom is -0.507 e. The normalized spacial score (nSPS) is 17.8. The van der Waals surface area contributed by atoms with Crippen LogP contribution in [0.4, 0.5) is 20.3 Å². The van der Waals surface area contributed by atoms with Gasteiger partial charge in [0.2, 0.25) is 5.91 Å². The SMILES string of the molecule is C=CC(=O)N1CC(C)N2c3nc(=O)n(-c4c(C)ccnc4C(C)C)c4c(Cl)c(-c5c(O)cccc5F)c(F)c(c34)NCC2C1. The molecule has 228 valence electrons. The maximum atomic E-state index is 16.8. The van der Waals surface area contributed by atoms with Gasteiger partial charge in [-0.05, 0) is 49.6 Å². The third-order valence-corrected chi connectivity index (χ3v) is 8.76. The lowest BCUT2D eigenvalue weighted by molar-refractivity contribution is -0.127. The average molecular weight is 621 g/mol. The van der Waals surface area contributed by atoms with E-state index in [1.807, 2.05) is 32.6 Å². The zero-order chi connectivity index (χ0) is 31.6. The maximum Gasteiger partial charge on any atom is 0.354 e. The molecule has 2 aromatic carbocycles. The largest absolute Gasteiger partial charge is 0.507 e. The second-order valence-corrected chi connectivity index (χ2v) is 11.9. The number of aryl methyl sites for hydroxylation is 1. The predicted molar refractivity (Wildman–Crippen MR) is 167 cm³/mol. The van der Waals surface area contributed by atoms with Crippen LogP contribution >= 0.6 is 11.6 Å². The highest BCUT2D eigenvalue weighted by Crippen LogP contribution is 2.49. The number of rotatable bonds is 4. The number of aromatic hydroxyl groups is 1. The minimum atomic E-state index is -0.908. The van der Waals surface area contributed by atoms with Crippen LogP contribution in [0.25, 0.3) is 27.7 Å². The third-order valence-electron chi connectivity index (χ3n) is 8.39. The lowest BCUT2D eigenvalue weighted by Gasteiger charge is -2.45. The van der Waals surface area contributed by atoms with Crippen LogP contribution in [0.15, 0.2) is 47.9 Å². The van der Waals surface area contributed by atoms with E-state index in [9.17, 15) is 14.7 Å². The van der Waals surface area contributed by atoms with Crippen LogP contribution in [0.2, 0.25) is 5.02 Å². The van der Waals surface area contributed by atoms with E-state index in [0.717, 1.165) is 6.07 Å². The molecule has 0 radical (unpaired) electrons. The Balaban J connectivity index is 1.78. The Hall–Kier alpha value is -4.51. The van der Waals surface area contributed by atoms with Crippen LogP contribution in [-0.2, 0) is 4.79 Å². The first-order chi connectivity index (χ1) is 21.0. The molecule has 1 saturated heterocycles. The molecule has 0 aliphatic carbocycles. The molecule has 1 amide bonds. The number of carbonyl (C=O) groups is 1. The monoisotopic (exact) mass is 620 g/mol. The summed E-state index contributed by atoms with van der Waals surface area (Å²) in [7, 11) is 0. The van der Waals surface area contributed by atoms with Crippen molar-refractivity contribution in [1.29, 1.82) is 0 Å². The Morgan fingerprint density at radius 2 is 1.98 bits per heavy atom. The maximum absolute atomic E-state index is 16.8. The summed E-state index contributed by atoms with van der Waals surface area (Å²) in [5.41, 5.74) is 0.253. The van der Waals surface area contributed by atoms with E-state index >= 15 is 8.78 Å². The van der Waals surface area contributed by atoms with Crippen LogP contribution < -0.4 is 15.9 Å². The summed E-state index contributed by atoms with van der Waals surface area (Å²) in [5.74, 6) is -2.48. The van der Waals surface area contributed by atoms with Crippen molar-refractivity contribution in [3.8, 4) is 22.6 Å². The van der Waals surface area contributed by atoms with Gasteiger partial charge in [-0.3, -0.25) is 14.3 Å². The first kappa shape index (κ1) is 29.6. The molecule has 0 bridgehead atoms. The lowest BCUT2D eigenvalue weighted by Crippen LogP contribution is -2.61. The van der Waals surface area contributed by atoms with Crippen molar-refractivity contribution < 1.29 is 18.7 Å². The number of amides is 1. The second-order valence-electron chi connectivity index (χ2n) is 11.5. The molecule has 44 heavy (non-hydrogen) atoms. The van der Waals surface area contributed by atoms with E-state index in [-0.39, 0.29) is 58.4 Å². The number of carbonyl (C=O) groups excluding carboxylic acids is 1. The first-order valence-electron chi connectivity index (χ1n) is 14.3. The van der Waals surface area contributed by atoms with Crippen molar-refractivity contribution in [3.05, 3.63) is 81.5 Å². The van der Waals surface area contributed by atoms with E-state index in [0.29, 0.717) is 23.5 Å². The number of phenolic OH excluding ortho intramolecular Hbond substituents is 1. The number of phenols is 1. The first-order valence-corrected chi connectivity index (χ1v) is 14.7. The molecule has 2 unspecified atom stereocenters. The van der Waals surface area contributed by atoms with Crippen molar-refractivity contribution >= 4 is 39.9 Å². The van der Waals surface area contributed by atoms with Gasteiger partial charge in [0, 0.05) is 37.4 Å². The van der Waals surface area contributed by atoms with Gasteiger partial charge in [0.15, 0.2) is 5.82 Å². The molecule has 0 saturated carbocycles. The molecule has 4 aromatic rings. The fraction of sp³-hybridized carbons (Fsp3) is 0.312. The molecular weight excluding hydrogens is 590 g/mol. The highest BCUT2D eigenvalue weighted by molar-refractivity contribution is 6.39. The van der Waals surface area contributed by atoms with Gasteiger partial charge in [-0.2, -0.15) is 4.98 Å². The molecule has 4 heterocycles. The standard InChI is InChI=1S/C32H31ClF2N6O3/c1-6-21(43)39-13-17(5)40-18(14-39)12-37-28-24-30(25(33)23(26(28)35)22-19(34)8-7-9-20(22)42)41(32(44)38-31(24)40)29-16(4)10-11-36-27(29)15(2)3/h6-11,15,17-18,37,42H,1,12-14H2,2-5H3. The van der Waals surface area contributed by atoms with Crippen LogP contribution in [0, 0.1) is 18.6 Å². The van der Waals surface area contributed by atoms with Gasteiger partial charge < -0.3 is 20.2 Å². The Morgan fingerprint density at radius 1 is 1.23 bits per heavy atom. The van der Waals surface area contributed by atoms with Gasteiger partial charge in [-0.15, -0.1) is 0 Å². The molecule has 9 nitrogen and oxygen atoms in total. The van der Waals surface area contributed by atoms with Gasteiger partial charge in [0.1, 0.15) is 17.4 Å². The van der Waals surface area contributed by atoms with Gasteiger partial charge in [0.25, 0.3) is 0 Å². The van der Waals surface area contributed by atoms with E-state index in [2.05, 4.69) is 21.9 Å². The Morgan fingerprint density at radius 3 is 2.66 bits per heavy atom. The highest BCUT2D eigenvalue weighted by atomic mass is 35.5. The number of hydrogen-bond acceptors (Lipinski definition) is 7. The fourth-order valence-electron chi connectivity index (χ4n) is 6.48. The zero-order valence-corrected chi connectivity index (χ0v) is 25.4. The van der Waals surface area contributed by atoms with E-state index in [1.54, 1.807) is 17.2 Å². The highest BCUT2D eigenvalue weighted by Gasteiger charge is 2.40. The van der Waals surface area contributed by atoms with Crippen molar-refractivity contribution in [2.45, 2.75) is 45.7 Å². The van der Waals surface area contributed by atoms with Crippen LogP contribution in [0.3, 0.4) is 0 Å².